The Bertz CT molecular complexity index is 753. The molecular weight excluding hydrogens is 400 g/mol. The second kappa shape index (κ2) is 10.1. The van der Waals surface area contributed by atoms with E-state index in [2.05, 4.69) is 12.7 Å². The van der Waals surface area contributed by atoms with Crippen LogP contribution >= 0.6 is 11.6 Å². The summed E-state index contributed by atoms with van der Waals surface area (Å²) in [7, 11) is 0. The van der Waals surface area contributed by atoms with Crippen LogP contribution in [-0.4, -0.2) is 38.9 Å². The number of carbonyl (C=O) groups is 1. The molecule has 0 heterocycles. The fourth-order valence-corrected chi connectivity index (χ4v) is 5.56. The first-order valence-corrected chi connectivity index (χ1v) is 11.4. The first-order valence-electron chi connectivity index (χ1n) is 11.0. The topological polar surface area (TPSA) is 77.8 Å². The van der Waals surface area contributed by atoms with Crippen molar-refractivity contribution in [2.75, 3.05) is 0 Å². The Hall–Kier alpha value is -1.62. The SMILES string of the molecule is C=CCC1(C(O)C/C=C/[C@@H]2[C@@H](CCc3ccc(C(=O)O)cc3)[C@H](Cl)C[C@H]2O)CCC1. The number of aromatic carboxylic acids is 1. The number of aliphatic hydroxyl groups is 2. The molecule has 0 radical (unpaired) electrons. The molecule has 2 saturated carbocycles. The number of alkyl halides is 1. The van der Waals surface area contributed by atoms with Crippen LogP contribution in [0.3, 0.4) is 0 Å². The normalized spacial score (nSPS) is 28.9. The Labute approximate surface area is 184 Å². The van der Waals surface area contributed by atoms with Crippen molar-refractivity contribution in [3.05, 3.63) is 60.2 Å². The van der Waals surface area contributed by atoms with Crippen molar-refractivity contribution in [2.24, 2.45) is 17.3 Å². The number of aryl methyl sites for hydroxylation is 1. The van der Waals surface area contributed by atoms with Crippen molar-refractivity contribution < 1.29 is 20.1 Å². The fourth-order valence-electron chi connectivity index (χ4n) is 5.09. The van der Waals surface area contributed by atoms with Crippen LogP contribution < -0.4 is 0 Å². The van der Waals surface area contributed by atoms with Gasteiger partial charge in [-0.15, -0.1) is 18.2 Å². The summed E-state index contributed by atoms with van der Waals surface area (Å²) >= 11 is 6.56. The summed E-state index contributed by atoms with van der Waals surface area (Å²) in [5, 5.41) is 30.1. The Morgan fingerprint density at radius 2 is 2.00 bits per heavy atom. The Balaban J connectivity index is 1.58. The average Bonchev–Trinajstić information content (AvgIpc) is 2.95. The summed E-state index contributed by atoms with van der Waals surface area (Å²) in [6, 6.07) is 6.93. The van der Waals surface area contributed by atoms with E-state index in [1.165, 1.54) is 6.42 Å². The second-order valence-electron chi connectivity index (χ2n) is 8.99. The summed E-state index contributed by atoms with van der Waals surface area (Å²) < 4.78 is 0. The van der Waals surface area contributed by atoms with Gasteiger partial charge in [0.05, 0.1) is 17.8 Å². The number of carboxylic acids is 1. The van der Waals surface area contributed by atoms with E-state index >= 15 is 0 Å². The molecule has 2 aliphatic rings. The summed E-state index contributed by atoms with van der Waals surface area (Å²) in [4.78, 5) is 11.0. The molecule has 5 atom stereocenters. The highest BCUT2D eigenvalue weighted by atomic mass is 35.5. The number of aliphatic hydroxyl groups excluding tert-OH is 2. The van der Waals surface area contributed by atoms with Crippen LogP contribution in [0.5, 0.6) is 0 Å². The summed E-state index contributed by atoms with van der Waals surface area (Å²) in [6.07, 6.45) is 12.0. The van der Waals surface area contributed by atoms with Crippen molar-refractivity contribution >= 4 is 17.6 Å². The zero-order chi connectivity index (χ0) is 21.7. The third kappa shape index (κ3) is 5.16. The maximum absolute atomic E-state index is 11.0. The number of hydrogen-bond acceptors (Lipinski definition) is 3. The minimum absolute atomic E-state index is 0.0169. The van der Waals surface area contributed by atoms with E-state index in [9.17, 15) is 15.0 Å². The molecule has 2 fully saturated rings. The van der Waals surface area contributed by atoms with Gasteiger partial charge >= 0.3 is 5.97 Å². The van der Waals surface area contributed by atoms with Crippen LogP contribution in [0.2, 0.25) is 0 Å². The number of allylic oxidation sites excluding steroid dienone is 1. The van der Waals surface area contributed by atoms with E-state index in [4.69, 9.17) is 16.7 Å². The van der Waals surface area contributed by atoms with Crippen LogP contribution in [0.15, 0.2) is 49.1 Å². The highest BCUT2D eigenvalue weighted by molar-refractivity contribution is 6.21. The molecule has 0 aliphatic heterocycles. The molecule has 0 saturated heterocycles. The molecule has 30 heavy (non-hydrogen) atoms. The van der Waals surface area contributed by atoms with E-state index in [0.29, 0.717) is 12.8 Å². The van der Waals surface area contributed by atoms with Gasteiger partial charge in [-0.1, -0.05) is 36.8 Å². The first-order chi connectivity index (χ1) is 14.4. The van der Waals surface area contributed by atoms with Crippen LogP contribution in [-0.2, 0) is 6.42 Å². The van der Waals surface area contributed by atoms with Gasteiger partial charge in [-0.3, -0.25) is 0 Å². The third-order valence-corrected chi connectivity index (χ3v) is 7.66. The van der Waals surface area contributed by atoms with E-state index in [-0.39, 0.29) is 34.3 Å². The van der Waals surface area contributed by atoms with Crippen LogP contribution in [0.25, 0.3) is 0 Å². The van der Waals surface area contributed by atoms with Crippen molar-refractivity contribution in [2.45, 2.75) is 69.0 Å². The van der Waals surface area contributed by atoms with Gasteiger partial charge in [-0.05, 0) is 68.6 Å². The number of rotatable bonds is 10. The van der Waals surface area contributed by atoms with Crippen LogP contribution in [0.4, 0.5) is 0 Å². The highest BCUT2D eigenvalue weighted by Gasteiger charge is 2.42. The molecule has 1 unspecified atom stereocenters. The van der Waals surface area contributed by atoms with Crippen molar-refractivity contribution in [1.82, 2.24) is 0 Å². The van der Waals surface area contributed by atoms with E-state index in [0.717, 1.165) is 37.7 Å². The maximum atomic E-state index is 11.0. The maximum Gasteiger partial charge on any atom is 0.335 e. The number of halogens is 1. The molecule has 2 aliphatic carbocycles. The molecule has 5 heteroatoms. The Morgan fingerprint density at radius 3 is 2.57 bits per heavy atom. The number of carboxylic acid groups (broad SMARTS) is 1. The quantitative estimate of drug-likeness (QED) is 0.360. The average molecular weight is 433 g/mol. The molecule has 3 N–H and O–H groups in total. The van der Waals surface area contributed by atoms with E-state index in [1.54, 1.807) is 12.1 Å². The Kier molecular flexibility index (Phi) is 7.78. The number of benzene rings is 1. The lowest BCUT2D eigenvalue weighted by Crippen LogP contribution is -2.40. The van der Waals surface area contributed by atoms with Crippen LogP contribution in [0, 0.1) is 17.3 Å². The lowest BCUT2D eigenvalue weighted by Gasteiger charge is -2.45. The van der Waals surface area contributed by atoms with Gasteiger partial charge in [0.2, 0.25) is 0 Å². The fraction of sp³-hybridized carbons (Fsp3) is 0.560. The molecule has 0 bridgehead atoms. The largest absolute Gasteiger partial charge is 0.478 e. The van der Waals surface area contributed by atoms with Crippen molar-refractivity contribution in [3.8, 4) is 0 Å². The third-order valence-electron chi connectivity index (χ3n) is 7.16. The minimum atomic E-state index is -0.926. The van der Waals surface area contributed by atoms with E-state index < -0.39 is 12.1 Å². The van der Waals surface area contributed by atoms with Crippen LogP contribution in [0.1, 0.15) is 60.9 Å². The first kappa shape index (κ1) is 23.1. The van der Waals surface area contributed by atoms with Crippen molar-refractivity contribution in [1.29, 1.82) is 0 Å². The zero-order valence-electron chi connectivity index (χ0n) is 17.4. The van der Waals surface area contributed by atoms with Gasteiger partial charge in [0.25, 0.3) is 0 Å². The summed E-state index contributed by atoms with van der Waals surface area (Å²) in [5.74, 6) is -0.791. The molecule has 0 aromatic heterocycles. The molecular formula is C25H33ClO4. The molecule has 4 nitrogen and oxygen atoms in total. The molecule has 0 amide bonds. The van der Waals surface area contributed by atoms with Gasteiger partial charge in [0, 0.05) is 16.7 Å². The predicted octanol–water partition coefficient (Wildman–Crippen LogP) is 4.98. The van der Waals surface area contributed by atoms with Gasteiger partial charge in [0.15, 0.2) is 0 Å². The summed E-state index contributed by atoms with van der Waals surface area (Å²) in [5.41, 5.74) is 1.33. The molecule has 0 spiro atoms. The second-order valence-corrected chi connectivity index (χ2v) is 9.55. The van der Waals surface area contributed by atoms with E-state index in [1.807, 2.05) is 24.3 Å². The molecule has 3 rings (SSSR count). The Morgan fingerprint density at radius 1 is 1.30 bits per heavy atom. The molecule has 164 valence electrons. The summed E-state index contributed by atoms with van der Waals surface area (Å²) in [6.45, 7) is 3.83. The zero-order valence-corrected chi connectivity index (χ0v) is 18.2. The lowest BCUT2D eigenvalue weighted by molar-refractivity contribution is -0.0304. The van der Waals surface area contributed by atoms with Gasteiger partial charge < -0.3 is 15.3 Å². The molecule has 1 aromatic carbocycles. The lowest BCUT2D eigenvalue weighted by atomic mass is 9.62. The monoisotopic (exact) mass is 432 g/mol. The predicted molar refractivity (Wildman–Crippen MR) is 120 cm³/mol. The molecule has 1 aromatic rings. The smallest absolute Gasteiger partial charge is 0.335 e. The standard InChI is InChI=1S/C25H33ClO4/c1-2-13-25(14-4-15-25)23(28)6-3-5-20-19(21(26)16-22(20)27)12-9-17-7-10-18(11-8-17)24(29)30/h2-3,5,7-8,10-11,19-23,27-28H,1,4,6,9,12-16H2,(H,29,30)/b5-3+/t19-,20-,21-,22-,23?/m1/s1. The van der Waals surface area contributed by atoms with Gasteiger partial charge in [0.1, 0.15) is 0 Å². The highest BCUT2D eigenvalue weighted by Crippen LogP contribution is 2.48. The number of hydrogen-bond donors (Lipinski definition) is 3. The van der Waals surface area contributed by atoms with Crippen molar-refractivity contribution in [3.63, 3.8) is 0 Å². The van der Waals surface area contributed by atoms with Gasteiger partial charge in [-0.2, -0.15) is 0 Å². The van der Waals surface area contributed by atoms with Gasteiger partial charge in [-0.25, -0.2) is 4.79 Å². The minimum Gasteiger partial charge on any atom is -0.478 e.